The third-order valence-corrected chi connectivity index (χ3v) is 6.76. The van der Waals surface area contributed by atoms with Crippen LogP contribution in [0, 0.1) is 5.41 Å². The largest absolute Gasteiger partial charge is 0.395 e. The smallest absolute Gasteiger partial charge is 0.355 e. The predicted molar refractivity (Wildman–Crippen MR) is 120 cm³/mol. The summed E-state index contributed by atoms with van der Waals surface area (Å²) in [5, 5.41) is 10.9. The molecule has 3 aromatic rings. The molecule has 0 radical (unpaired) electrons. The molecule has 0 unspecified atom stereocenters. The van der Waals surface area contributed by atoms with Crippen molar-refractivity contribution < 1.29 is 18.0 Å². The van der Waals surface area contributed by atoms with E-state index in [-0.39, 0.29) is 31.2 Å². The molecule has 9 heteroatoms. The Morgan fingerprint density at radius 1 is 1.21 bits per heavy atom. The fraction of sp³-hybridized carbons (Fsp3) is 0.458. The lowest BCUT2D eigenvalue weighted by molar-refractivity contribution is -0.194. The molecule has 1 saturated carbocycles. The second-order valence-electron chi connectivity index (χ2n) is 9.11. The first-order chi connectivity index (χ1) is 15.7. The van der Waals surface area contributed by atoms with E-state index in [1.807, 2.05) is 31.1 Å². The molecule has 0 saturated heterocycles. The highest BCUT2D eigenvalue weighted by atomic mass is 19.4. The molecule has 176 valence electrons. The van der Waals surface area contributed by atoms with Crippen molar-refractivity contribution in [2.45, 2.75) is 43.8 Å². The minimum atomic E-state index is -4.35. The van der Waals surface area contributed by atoms with Crippen molar-refractivity contribution in [2.24, 2.45) is 5.41 Å². The number of carbonyl (C=O) groups is 1. The number of hydrogen-bond donors (Lipinski definition) is 2. The van der Waals surface area contributed by atoms with Crippen molar-refractivity contribution >= 4 is 16.8 Å². The second kappa shape index (κ2) is 9.13. The Morgan fingerprint density at radius 2 is 1.94 bits per heavy atom. The van der Waals surface area contributed by atoms with E-state index >= 15 is 0 Å². The number of pyridine rings is 1. The molecule has 1 fully saturated rings. The number of nitrogens with one attached hydrogen (secondary N) is 2. The summed E-state index contributed by atoms with van der Waals surface area (Å²) in [4.78, 5) is 18.7. The van der Waals surface area contributed by atoms with Crippen molar-refractivity contribution in [3.05, 3.63) is 60.0 Å². The Bertz CT molecular complexity index is 1090. The van der Waals surface area contributed by atoms with Crippen LogP contribution in [0.2, 0.25) is 0 Å². The number of alkyl halides is 3. The van der Waals surface area contributed by atoms with Crippen molar-refractivity contribution in [3.63, 3.8) is 0 Å². The summed E-state index contributed by atoms with van der Waals surface area (Å²) in [5.41, 5.74) is 0.731. The maximum absolute atomic E-state index is 13.9. The number of H-pyrrole nitrogens is 1. The van der Waals surface area contributed by atoms with Gasteiger partial charge in [-0.3, -0.25) is 14.9 Å². The molecular weight excluding hydrogens is 431 g/mol. The molecule has 2 atom stereocenters. The summed E-state index contributed by atoms with van der Waals surface area (Å²) in [6, 6.07) is 9.19. The summed E-state index contributed by atoms with van der Waals surface area (Å²) in [5.74, 6) is -1.29. The van der Waals surface area contributed by atoms with Crippen molar-refractivity contribution in [3.8, 4) is 0 Å². The Balaban J connectivity index is 1.43. The van der Waals surface area contributed by atoms with Gasteiger partial charge in [-0.1, -0.05) is 6.07 Å². The fourth-order valence-corrected chi connectivity index (χ4v) is 4.51. The van der Waals surface area contributed by atoms with Crippen LogP contribution in [-0.2, 0) is 11.2 Å². The van der Waals surface area contributed by atoms with E-state index in [2.05, 4.69) is 26.6 Å². The fourth-order valence-electron chi connectivity index (χ4n) is 4.51. The maximum atomic E-state index is 13.9. The Labute approximate surface area is 190 Å². The van der Waals surface area contributed by atoms with Gasteiger partial charge in [0.25, 0.3) is 0 Å². The van der Waals surface area contributed by atoms with Crippen LogP contribution in [0.3, 0.4) is 0 Å². The van der Waals surface area contributed by atoms with E-state index in [9.17, 15) is 18.0 Å². The third kappa shape index (κ3) is 5.03. The average molecular weight is 460 g/mol. The summed E-state index contributed by atoms with van der Waals surface area (Å²) >= 11 is 0. The molecule has 1 aromatic carbocycles. The van der Waals surface area contributed by atoms with Crippen LogP contribution in [0.1, 0.15) is 36.3 Å². The number of likely N-dealkylation sites (N-methyl/N-ethyl adjacent to an activating group) is 1. The molecule has 1 amide bonds. The molecule has 2 N–H and O–H groups in total. The molecule has 1 aliphatic carbocycles. The van der Waals surface area contributed by atoms with Gasteiger partial charge in [-0.25, -0.2) is 0 Å². The molecule has 0 aliphatic heterocycles. The molecule has 0 bridgehead atoms. The zero-order valence-corrected chi connectivity index (χ0v) is 18.7. The van der Waals surface area contributed by atoms with Gasteiger partial charge in [0.2, 0.25) is 5.91 Å². The van der Waals surface area contributed by atoms with Gasteiger partial charge in [0.05, 0.1) is 17.1 Å². The van der Waals surface area contributed by atoms with Gasteiger partial charge >= 0.3 is 6.18 Å². The number of aromatic amines is 1. The van der Waals surface area contributed by atoms with E-state index in [0.29, 0.717) is 18.5 Å². The Morgan fingerprint density at radius 3 is 2.58 bits per heavy atom. The molecule has 4 rings (SSSR count). The molecular formula is C24H28F3N5O. The van der Waals surface area contributed by atoms with E-state index in [4.69, 9.17) is 0 Å². The van der Waals surface area contributed by atoms with Crippen molar-refractivity contribution in [1.29, 1.82) is 0 Å². The summed E-state index contributed by atoms with van der Waals surface area (Å²) in [6.45, 7) is 0.345. The molecule has 1 aliphatic rings. The number of rotatable bonds is 9. The third-order valence-electron chi connectivity index (χ3n) is 6.76. The number of fused-ring (bicyclic) bond motifs is 1. The molecule has 2 aromatic heterocycles. The van der Waals surface area contributed by atoms with Crippen LogP contribution in [0.5, 0.6) is 0 Å². The van der Waals surface area contributed by atoms with Gasteiger partial charge in [-0.2, -0.15) is 18.3 Å². The monoisotopic (exact) mass is 459 g/mol. The van der Waals surface area contributed by atoms with E-state index < -0.39 is 17.5 Å². The van der Waals surface area contributed by atoms with Crippen LogP contribution in [0.25, 0.3) is 10.9 Å². The lowest BCUT2D eigenvalue weighted by Crippen LogP contribution is -2.42. The normalized spacial score (nSPS) is 17.2. The minimum Gasteiger partial charge on any atom is -0.355 e. The van der Waals surface area contributed by atoms with E-state index in [1.54, 1.807) is 18.3 Å². The van der Waals surface area contributed by atoms with Crippen LogP contribution >= 0.6 is 0 Å². The number of nitrogens with zero attached hydrogens (tertiary/aromatic N) is 3. The first kappa shape index (κ1) is 23.2. The van der Waals surface area contributed by atoms with Crippen LogP contribution in [0.4, 0.5) is 13.2 Å². The van der Waals surface area contributed by atoms with Gasteiger partial charge in [-0.15, -0.1) is 0 Å². The lowest BCUT2D eigenvalue weighted by atomic mass is 9.80. The molecule has 33 heavy (non-hydrogen) atoms. The van der Waals surface area contributed by atoms with Gasteiger partial charge in [-0.05, 0) is 68.8 Å². The van der Waals surface area contributed by atoms with Crippen LogP contribution in [-0.4, -0.2) is 58.8 Å². The quantitative estimate of drug-likeness (QED) is 0.506. The zero-order chi connectivity index (χ0) is 23.6. The standard InChI is InChI=1S/C24H28F3N5O/c1-32(2)19(12-16-3-4-21-18(11-16)14-30-31-21)15-29-22(33)13-20(17-5-9-28-10-6-17)23(7-8-23)24(25,26)27/h3-6,9-11,14,19-20H,7-8,12-13,15H2,1-2H3,(H,29,33)(H,30,31)/t19-,20+/m0/s1. The Kier molecular flexibility index (Phi) is 6.43. The highest BCUT2D eigenvalue weighted by Crippen LogP contribution is 2.66. The number of halogens is 3. The summed E-state index contributed by atoms with van der Waals surface area (Å²) < 4.78 is 41.6. The summed E-state index contributed by atoms with van der Waals surface area (Å²) in [7, 11) is 3.85. The lowest BCUT2D eigenvalue weighted by Gasteiger charge is -2.30. The van der Waals surface area contributed by atoms with Gasteiger partial charge in [0.15, 0.2) is 0 Å². The second-order valence-corrected chi connectivity index (χ2v) is 9.11. The maximum Gasteiger partial charge on any atom is 0.395 e. The number of carbonyl (C=O) groups excluding carboxylic acids is 1. The predicted octanol–water partition coefficient (Wildman–Crippen LogP) is 4.06. The number of aromatic nitrogens is 3. The molecule has 0 spiro atoms. The SMILES string of the molecule is CN(C)[C@H](CNC(=O)C[C@H](c1ccncc1)C1(C(F)(F)F)CC1)Cc1ccc2[nH]ncc2c1. The number of amides is 1. The van der Waals surface area contributed by atoms with E-state index in [1.165, 1.54) is 12.4 Å². The Hall–Kier alpha value is -2.94. The highest BCUT2D eigenvalue weighted by Gasteiger charge is 2.67. The first-order valence-corrected chi connectivity index (χ1v) is 11.0. The van der Waals surface area contributed by atoms with Crippen molar-refractivity contribution in [1.82, 2.24) is 25.4 Å². The number of hydrogen-bond acceptors (Lipinski definition) is 4. The van der Waals surface area contributed by atoms with Crippen LogP contribution in [0.15, 0.2) is 48.9 Å². The van der Waals surface area contributed by atoms with Gasteiger partial charge in [0.1, 0.15) is 0 Å². The first-order valence-electron chi connectivity index (χ1n) is 11.0. The zero-order valence-electron chi connectivity index (χ0n) is 18.7. The van der Waals surface area contributed by atoms with E-state index in [0.717, 1.165) is 16.5 Å². The van der Waals surface area contributed by atoms with Crippen molar-refractivity contribution in [2.75, 3.05) is 20.6 Å². The minimum absolute atomic E-state index is 0.00447. The molecule has 2 heterocycles. The molecule has 6 nitrogen and oxygen atoms in total. The van der Waals surface area contributed by atoms with Crippen LogP contribution < -0.4 is 5.32 Å². The van der Waals surface area contributed by atoms with Gasteiger partial charge < -0.3 is 10.2 Å². The highest BCUT2D eigenvalue weighted by molar-refractivity contribution is 5.78. The summed E-state index contributed by atoms with van der Waals surface area (Å²) in [6.07, 6.45) is 0.954. The van der Waals surface area contributed by atoms with Gasteiger partial charge in [0, 0.05) is 42.7 Å². The topological polar surface area (TPSA) is 73.9 Å². The number of benzene rings is 1. The average Bonchev–Trinajstić information content (AvgIpc) is 3.47.